The summed E-state index contributed by atoms with van der Waals surface area (Å²) in [6, 6.07) is 13.5. The summed E-state index contributed by atoms with van der Waals surface area (Å²) in [5, 5.41) is 3.91. The van der Waals surface area contributed by atoms with Crippen LogP contribution in [0.5, 0.6) is 5.75 Å². The van der Waals surface area contributed by atoms with Gasteiger partial charge in [-0.25, -0.2) is 0 Å². The maximum atomic E-state index is 6.02. The topological polar surface area (TPSA) is 35.2 Å². The van der Waals surface area contributed by atoms with Crippen molar-refractivity contribution in [3.8, 4) is 5.75 Å². The fraction of sp³-hybridized carbons (Fsp3) is 0.0625. The summed E-state index contributed by atoms with van der Waals surface area (Å²) in [6.07, 6.45) is 0. The summed E-state index contributed by atoms with van der Waals surface area (Å²) in [5.74, 6) is 0.616. The summed E-state index contributed by atoms with van der Waals surface area (Å²) >= 11 is 12.8. The van der Waals surface area contributed by atoms with E-state index in [1.807, 2.05) is 12.1 Å². The second kappa shape index (κ2) is 6.02. The minimum Gasteiger partial charge on any atom is -0.488 e. The monoisotopic (exact) mass is 333 g/mol. The van der Waals surface area contributed by atoms with E-state index < -0.39 is 0 Å². The van der Waals surface area contributed by atoms with Crippen LogP contribution in [0.3, 0.4) is 0 Å². The van der Waals surface area contributed by atoms with Crippen molar-refractivity contribution in [2.24, 2.45) is 5.73 Å². The standard InChI is InChI=1S/C16H12ClNOS2/c17-11-5-6-13(16(18)20)14(7-11)19-8-10-9-21-15-4-2-1-3-12(10)15/h1-7,9H,8H2,(H2,18,20). The van der Waals surface area contributed by atoms with Gasteiger partial charge in [-0.2, -0.15) is 0 Å². The highest BCUT2D eigenvalue weighted by Crippen LogP contribution is 2.28. The molecule has 0 saturated carbocycles. The van der Waals surface area contributed by atoms with Crippen molar-refractivity contribution in [2.45, 2.75) is 6.61 Å². The van der Waals surface area contributed by atoms with Gasteiger partial charge >= 0.3 is 0 Å². The molecule has 0 fully saturated rings. The first kappa shape index (κ1) is 14.3. The molecule has 2 nitrogen and oxygen atoms in total. The van der Waals surface area contributed by atoms with Gasteiger partial charge < -0.3 is 10.5 Å². The maximum Gasteiger partial charge on any atom is 0.131 e. The highest BCUT2D eigenvalue weighted by atomic mass is 35.5. The number of fused-ring (bicyclic) bond motifs is 1. The molecule has 0 saturated heterocycles. The van der Waals surface area contributed by atoms with E-state index in [1.54, 1.807) is 29.5 Å². The number of ether oxygens (including phenoxy) is 1. The highest BCUT2D eigenvalue weighted by molar-refractivity contribution is 7.80. The number of hydrogen-bond acceptors (Lipinski definition) is 3. The lowest BCUT2D eigenvalue weighted by atomic mass is 10.2. The minimum atomic E-state index is 0.303. The van der Waals surface area contributed by atoms with E-state index >= 15 is 0 Å². The third-order valence-electron chi connectivity index (χ3n) is 3.15. The smallest absolute Gasteiger partial charge is 0.131 e. The van der Waals surface area contributed by atoms with Gasteiger partial charge in [-0.1, -0.05) is 42.0 Å². The number of hydrogen-bond donors (Lipinski definition) is 1. The lowest BCUT2D eigenvalue weighted by molar-refractivity contribution is 0.307. The molecule has 3 rings (SSSR count). The molecular weight excluding hydrogens is 322 g/mol. The highest BCUT2D eigenvalue weighted by Gasteiger charge is 2.09. The van der Waals surface area contributed by atoms with Crippen molar-refractivity contribution < 1.29 is 4.74 Å². The Hall–Kier alpha value is -1.62. The third-order valence-corrected chi connectivity index (χ3v) is 4.62. The van der Waals surface area contributed by atoms with Crippen molar-refractivity contribution in [2.75, 3.05) is 0 Å². The van der Waals surface area contributed by atoms with Crippen molar-refractivity contribution in [1.29, 1.82) is 0 Å². The number of rotatable bonds is 4. The lowest BCUT2D eigenvalue weighted by Gasteiger charge is -2.10. The molecule has 2 N–H and O–H groups in total. The van der Waals surface area contributed by atoms with Gasteiger partial charge in [0.05, 0.1) is 5.56 Å². The van der Waals surface area contributed by atoms with E-state index in [-0.39, 0.29) is 0 Å². The molecule has 0 aliphatic heterocycles. The van der Waals surface area contributed by atoms with Gasteiger partial charge in [0.1, 0.15) is 17.3 Å². The summed E-state index contributed by atoms with van der Waals surface area (Å²) in [4.78, 5) is 0.303. The largest absolute Gasteiger partial charge is 0.488 e. The van der Waals surface area contributed by atoms with Gasteiger partial charge in [-0.3, -0.25) is 0 Å². The molecule has 1 aromatic heterocycles. The first-order chi connectivity index (χ1) is 10.1. The Balaban J connectivity index is 1.88. The number of benzene rings is 2. The van der Waals surface area contributed by atoms with E-state index in [0.717, 1.165) is 5.56 Å². The van der Waals surface area contributed by atoms with Crippen molar-refractivity contribution >= 4 is 50.2 Å². The van der Waals surface area contributed by atoms with Crippen LogP contribution in [0.4, 0.5) is 0 Å². The van der Waals surface area contributed by atoms with Gasteiger partial charge in [0.2, 0.25) is 0 Å². The molecule has 5 heteroatoms. The summed E-state index contributed by atoms with van der Waals surface area (Å²) in [6.45, 7) is 0.458. The minimum absolute atomic E-state index is 0.303. The molecule has 0 aliphatic rings. The molecule has 0 atom stereocenters. The van der Waals surface area contributed by atoms with Crippen LogP contribution < -0.4 is 10.5 Å². The predicted molar refractivity (Wildman–Crippen MR) is 93.5 cm³/mol. The fourth-order valence-corrected chi connectivity index (χ4v) is 3.40. The number of thiophene rings is 1. The van der Waals surface area contributed by atoms with Crippen molar-refractivity contribution in [3.63, 3.8) is 0 Å². The Bertz CT molecular complexity index is 813. The lowest BCUT2D eigenvalue weighted by Crippen LogP contribution is -2.11. The van der Waals surface area contributed by atoms with E-state index in [4.69, 9.17) is 34.3 Å². The molecule has 21 heavy (non-hydrogen) atoms. The zero-order valence-corrected chi connectivity index (χ0v) is 13.4. The van der Waals surface area contributed by atoms with Gasteiger partial charge in [0, 0.05) is 15.3 Å². The SMILES string of the molecule is NC(=S)c1ccc(Cl)cc1OCc1csc2ccccc12. The van der Waals surface area contributed by atoms with Gasteiger partial charge in [0.15, 0.2) is 0 Å². The van der Waals surface area contributed by atoms with Crippen LogP contribution in [0.1, 0.15) is 11.1 Å². The van der Waals surface area contributed by atoms with Crippen LogP contribution in [-0.2, 0) is 6.61 Å². The molecule has 0 bridgehead atoms. The molecule has 106 valence electrons. The van der Waals surface area contributed by atoms with Crippen LogP contribution in [0.25, 0.3) is 10.1 Å². The molecule has 0 unspecified atom stereocenters. The summed E-state index contributed by atoms with van der Waals surface area (Å²) in [7, 11) is 0. The Morgan fingerprint density at radius 3 is 2.86 bits per heavy atom. The van der Waals surface area contributed by atoms with Crippen LogP contribution >= 0.6 is 35.2 Å². The second-order valence-electron chi connectivity index (χ2n) is 4.55. The molecule has 0 spiro atoms. The zero-order chi connectivity index (χ0) is 14.8. The first-order valence-electron chi connectivity index (χ1n) is 6.32. The van der Waals surface area contributed by atoms with E-state index in [9.17, 15) is 0 Å². The summed E-state index contributed by atoms with van der Waals surface area (Å²) in [5.41, 5.74) is 7.56. The van der Waals surface area contributed by atoms with Gasteiger partial charge in [-0.05, 0) is 35.0 Å². The first-order valence-corrected chi connectivity index (χ1v) is 7.99. The maximum absolute atomic E-state index is 6.02. The van der Waals surface area contributed by atoms with E-state index in [1.165, 1.54) is 10.1 Å². The molecule has 0 aliphatic carbocycles. The Labute approximate surface area is 137 Å². The second-order valence-corrected chi connectivity index (χ2v) is 6.34. The normalized spacial score (nSPS) is 10.7. The quantitative estimate of drug-likeness (QED) is 0.699. The van der Waals surface area contributed by atoms with Gasteiger partial charge in [0.25, 0.3) is 0 Å². The molecule has 0 radical (unpaired) electrons. The van der Waals surface area contributed by atoms with E-state index in [0.29, 0.717) is 27.9 Å². The molecule has 2 aromatic carbocycles. The predicted octanol–water partition coefficient (Wildman–Crippen LogP) is 4.77. The molecule has 3 aromatic rings. The Kier molecular flexibility index (Phi) is 4.10. The third kappa shape index (κ3) is 3.02. The molecule has 1 heterocycles. The van der Waals surface area contributed by atoms with Crippen molar-refractivity contribution in [1.82, 2.24) is 0 Å². The fourth-order valence-electron chi connectivity index (χ4n) is 2.12. The van der Waals surface area contributed by atoms with Gasteiger partial charge in [-0.15, -0.1) is 11.3 Å². The summed E-state index contributed by atoms with van der Waals surface area (Å²) < 4.78 is 7.13. The average Bonchev–Trinajstić information content (AvgIpc) is 2.88. The van der Waals surface area contributed by atoms with Crippen LogP contribution in [0.2, 0.25) is 5.02 Å². The zero-order valence-electron chi connectivity index (χ0n) is 11.0. The van der Waals surface area contributed by atoms with Crippen LogP contribution in [0.15, 0.2) is 47.8 Å². The van der Waals surface area contributed by atoms with Crippen LogP contribution in [0, 0.1) is 0 Å². The van der Waals surface area contributed by atoms with Crippen LogP contribution in [-0.4, -0.2) is 4.99 Å². The number of thiocarbonyl (C=S) groups is 1. The molecule has 0 amide bonds. The number of nitrogens with two attached hydrogens (primary N) is 1. The van der Waals surface area contributed by atoms with Crippen molar-refractivity contribution in [3.05, 3.63) is 64.0 Å². The average molecular weight is 334 g/mol. The number of halogens is 1. The molecular formula is C16H12ClNOS2. The Morgan fingerprint density at radius 2 is 2.05 bits per heavy atom. The Morgan fingerprint density at radius 1 is 1.24 bits per heavy atom. The van der Waals surface area contributed by atoms with E-state index in [2.05, 4.69) is 17.5 Å².